The molecule has 68 valence electrons. The van der Waals surface area contributed by atoms with Crippen molar-refractivity contribution >= 4 is 0 Å². The summed E-state index contributed by atoms with van der Waals surface area (Å²) in [5.41, 5.74) is 0. The van der Waals surface area contributed by atoms with Gasteiger partial charge in [0.2, 0.25) is 0 Å². The van der Waals surface area contributed by atoms with Crippen LogP contribution in [0.2, 0.25) is 0 Å². The fourth-order valence-corrected chi connectivity index (χ4v) is 0.737. The van der Waals surface area contributed by atoms with E-state index in [-0.39, 0.29) is 0 Å². The van der Waals surface area contributed by atoms with E-state index in [0.717, 1.165) is 6.54 Å². The van der Waals surface area contributed by atoms with Crippen LogP contribution in [-0.4, -0.2) is 13.6 Å². The summed E-state index contributed by atoms with van der Waals surface area (Å²) in [6.45, 7) is 7.23. The smallest absolute Gasteiger partial charge is 0.0574 e. The lowest BCUT2D eigenvalue weighted by Crippen LogP contribution is -2.04. The van der Waals surface area contributed by atoms with Crippen molar-refractivity contribution in [2.75, 3.05) is 13.6 Å². The predicted octanol–water partition coefficient (Wildman–Crippen LogP) is 2.06. The SMILES string of the molecule is CNCC#CC(C)/C=C/C(C)C. The molecular formula is C11H19N. The van der Waals surface area contributed by atoms with E-state index in [1.54, 1.807) is 0 Å². The molecule has 0 radical (unpaired) electrons. The summed E-state index contributed by atoms with van der Waals surface area (Å²) in [5, 5.41) is 2.99. The number of nitrogens with one attached hydrogen (secondary N) is 1. The maximum Gasteiger partial charge on any atom is 0.0574 e. The lowest BCUT2D eigenvalue weighted by Gasteiger charge is -1.96. The molecule has 0 aromatic rings. The van der Waals surface area contributed by atoms with Gasteiger partial charge >= 0.3 is 0 Å². The summed E-state index contributed by atoms with van der Waals surface area (Å²) in [7, 11) is 1.91. The highest BCUT2D eigenvalue weighted by molar-refractivity contribution is 5.10. The Morgan fingerprint density at radius 3 is 2.42 bits per heavy atom. The van der Waals surface area contributed by atoms with Crippen molar-refractivity contribution in [3.05, 3.63) is 12.2 Å². The van der Waals surface area contributed by atoms with Gasteiger partial charge in [-0.15, -0.1) is 0 Å². The third-order valence-corrected chi connectivity index (χ3v) is 1.38. The van der Waals surface area contributed by atoms with Crippen molar-refractivity contribution in [3.8, 4) is 11.8 Å². The van der Waals surface area contributed by atoms with E-state index < -0.39 is 0 Å². The molecule has 0 aromatic heterocycles. The van der Waals surface area contributed by atoms with Crippen LogP contribution in [0.5, 0.6) is 0 Å². The van der Waals surface area contributed by atoms with Crippen LogP contribution in [0.1, 0.15) is 20.8 Å². The minimum absolute atomic E-state index is 0.376. The van der Waals surface area contributed by atoms with Gasteiger partial charge in [0.15, 0.2) is 0 Å². The van der Waals surface area contributed by atoms with Crippen molar-refractivity contribution < 1.29 is 0 Å². The topological polar surface area (TPSA) is 12.0 Å². The molecule has 12 heavy (non-hydrogen) atoms. The minimum Gasteiger partial charge on any atom is -0.309 e. The highest BCUT2D eigenvalue weighted by Crippen LogP contribution is 1.99. The number of hydrogen-bond donors (Lipinski definition) is 1. The van der Waals surface area contributed by atoms with Gasteiger partial charge in [0, 0.05) is 5.92 Å². The third kappa shape index (κ3) is 7.37. The molecule has 0 aromatic carbocycles. The normalized spacial score (nSPS) is 13.1. The van der Waals surface area contributed by atoms with Crippen LogP contribution in [0.25, 0.3) is 0 Å². The summed E-state index contributed by atoms with van der Waals surface area (Å²) in [5.74, 6) is 7.19. The van der Waals surface area contributed by atoms with Gasteiger partial charge in [-0.25, -0.2) is 0 Å². The molecule has 0 spiro atoms. The van der Waals surface area contributed by atoms with Gasteiger partial charge in [0.05, 0.1) is 6.54 Å². The molecule has 0 rings (SSSR count). The second-order valence-corrected chi connectivity index (χ2v) is 3.27. The molecule has 0 heterocycles. The Balaban J connectivity index is 3.74. The third-order valence-electron chi connectivity index (χ3n) is 1.38. The number of hydrogen-bond acceptors (Lipinski definition) is 1. The maximum absolute atomic E-state index is 3.14. The van der Waals surface area contributed by atoms with E-state index in [1.165, 1.54) is 0 Å². The molecule has 0 aliphatic heterocycles. The highest BCUT2D eigenvalue weighted by Gasteiger charge is 1.89. The maximum atomic E-state index is 3.14. The van der Waals surface area contributed by atoms with Crippen LogP contribution in [0.3, 0.4) is 0 Å². The lowest BCUT2D eigenvalue weighted by atomic mass is 10.1. The summed E-state index contributed by atoms with van der Waals surface area (Å²) < 4.78 is 0. The van der Waals surface area contributed by atoms with E-state index in [2.05, 4.69) is 50.1 Å². The first-order valence-electron chi connectivity index (χ1n) is 4.48. The molecule has 0 fully saturated rings. The van der Waals surface area contributed by atoms with Crippen molar-refractivity contribution in [1.82, 2.24) is 5.32 Å². The second kappa shape index (κ2) is 6.94. The van der Waals surface area contributed by atoms with E-state index >= 15 is 0 Å². The zero-order chi connectivity index (χ0) is 9.40. The molecule has 1 heteroatoms. The first-order chi connectivity index (χ1) is 5.66. The summed E-state index contributed by atoms with van der Waals surface area (Å²) in [6, 6.07) is 0. The molecule has 0 saturated carbocycles. The van der Waals surface area contributed by atoms with Gasteiger partial charge in [-0.05, 0) is 19.9 Å². The molecule has 0 amide bonds. The Hall–Kier alpha value is -0.740. The first-order valence-corrected chi connectivity index (χ1v) is 4.48. The first kappa shape index (κ1) is 11.3. The van der Waals surface area contributed by atoms with Crippen molar-refractivity contribution in [2.45, 2.75) is 20.8 Å². The average Bonchev–Trinajstić information content (AvgIpc) is 2.01. The van der Waals surface area contributed by atoms with Crippen molar-refractivity contribution in [1.29, 1.82) is 0 Å². The van der Waals surface area contributed by atoms with Crippen LogP contribution < -0.4 is 5.32 Å². The average molecular weight is 165 g/mol. The van der Waals surface area contributed by atoms with Crippen LogP contribution >= 0.6 is 0 Å². The van der Waals surface area contributed by atoms with Gasteiger partial charge < -0.3 is 5.32 Å². The molecule has 0 aliphatic rings. The second-order valence-electron chi connectivity index (χ2n) is 3.27. The van der Waals surface area contributed by atoms with Crippen molar-refractivity contribution in [3.63, 3.8) is 0 Å². The number of allylic oxidation sites excluding steroid dienone is 2. The number of rotatable bonds is 3. The highest BCUT2D eigenvalue weighted by atomic mass is 14.8. The van der Waals surface area contributed by atoms with Crippen LogP contribution in [0, 0.1) is 23.7 Å². The molecular weight excluding hydrogens is 146 g/mol. The zero-order valence-corrected chi connectivity index (χ0v) is 8.52. The van der Waals surface area contributed by atoms with Gasteiger partial charge in [-0.2, -0.15) is 0 Å². The fourth-order valence-electron chi connectivity index (χ4n) is 0.737. The monoisotopic (exact) mass is 165 g/mol. The standard InChI is InChI=1S/C11H19N/c1-10(2)7-8-11(3)6-5-9-12-4/h7-8,10-12H,9H2,1-4H3/b8-7+. The van der Waals surface area contributed by atoms with E-state index in [1.807, 2.05) is 7.05 Å². The zero-order valence-electron chi connectivity index (χ0n) is 8.52. The molecule has 1 N–H and O–H groups in total. The quantitative estimate of drug-likeness (QED) is 0.498. The van der Waals surface area contributed by atoms with Crippen LogP contribution in [0.4, 0.5) is 0 Å². The predicted molar refractivity (Wildman–Crippen MR) is 54.8 cm³/mol. The Labute approximate surface area is 76.2 Å². The molecule has 0 aliphatic carbocycles. The molecule has 1 unspecified atom stereocenters. The van der Waals surface area contributed by atoms with Crippen molar-refractivity contribution in [2.24, 2.45) is 11.8 Å². The molecule has 1 atom stereocenters. The van der Waals surface area contributed by atoms with Crippen LogP contribution in [-0.2, 0) is 0 Å². The summed E-state index contributed by atoms with van der Waals surface area (Å²) >= 11 is 0. The van der Waals surface area contributed by atoms with Gasteiger partial charge in [0.25, 0.3) is 0 Å². The molecule has 0 bridgehead atoms. The van der Waals surface area contributed by atoms with E-state index in [0.29, 0.717) is 11.8 Å². The van der Waals surface area contributed by atoms with Crippen LogP contribution in [0.15, 0.2) is 12.2 Å². The molecule has 0 saturated heterocycles. The Bertz CT molecular complexity index is 181. The van der Waals surface area contributed by atoms with Gasteiger partial charge in [-0.1, -0.05) is 37.8 Å². The van der Waals surface area contributed by atoms with Gasteiger partial charge in [-0.3, -0.25) is 0 Å². The van der Waals surface area contributed by atoms with E-state index in [9.17, 15) is 0 Å². The Morgan fingerprint density at radius 1 is 1.25 bits per heavy atom. The lowest BCUT2D eigenvalue weighted by molar-refractivity contribution is 0.814. The minimum atomic E-state index is 0.376. The van der Waals surface area contributed by atoms with E-state index in [4.69, 9.17) is 0 Å². The fraction of sp³-hybridized carbons (Fsp3) is 0.636. The Kier molecular flexibility index (Phi) is 6.51. The summed E-state index contributed by atoms with van der Waals surface area (Å²) in [6.07, 6.45) is 4.35. The Morgan fingerprint density at radius 2 is 1.92 bits per heavy atom. The summed E-state index contributed by atoms with van der Waals surface area (Å²) in [4.78, 5) is 0. The van der Waals surface area contributed by atoms with Gasteiger partial charge in [0.1, 0.15) is 0 Å². The molecule has 1 nitrogen and oxygen atoms in total. The largest absolute Gasteiger partial charge is 0.309 e.